The molecule has 6 rings (SSSR count). The molecule has 418 valence electrons. The number of aromatic nitrogens is 3. The van der Waals surface area contributed by atoms with Crippen LogP contribution in [0.1, 0.15) is 79.1 Å². The standard InChI is InChI=1S/C36H50N8S2.C24H39N5S2/c1-5-7-21-43(35-13-9-31(10-14-35)37-39-33-17-23-41(3)24-18-33)27-29-45-46-30-28-44(22-8-6-2)36-15-11-32(12-16-36)38-40-34-19-25-42(4)26-20-34;1-4-6-14-25-15-20-30-31-21-19-29(16-7-5-2)24-10-8-22(9-11-24)26-27-23-12-17-28(3)18-13-23/h9-20,23-26,37-38H,5-8,21-22,27-30H2,1-4H3;8-13,17-18,25-26H,4-7,14-16,19-21H2,1-3H3/p+3. The molecule has 0 saturated carbocycles. The number of anilines is 9. The lowest BCUT2D eigenvalue weighted by molar-refractivity contribution is -0.671. The number of hydrogen-bond donors (Lipinski definition) is 7. The Bertz CT molecular complexity index is 2290. The molecule has 3 aromatic heterocycles. The van der Waals surface area contributed by atoms with Crippen LogP contribution in [0.25, 0.3) is 0 Å². The maximum Gasteiger partial charge on any atom is 0.170 e. The molecular weight excluding hydrogens is 1030 g/mol. The summed E-state index contributed by atoms with van der Waals surface area (Å²) in [6.45, 7) is 17.8. The van der Waals surface area contributed by atoms with Crippen molar-refractivity contribution in [1.29, 1.82) is 0 Å². The molecule has 0 radical (unpaired) electrons. The molecule has 0 aliphatic rings. The molecule has 17 heteroatoms. The number of hydrogen-bond acceptors (Lipinski definition) is 14. The first-order valence-corrected chi connectivity index (χ1v) is 32.9. The van der Waals surface area contributed by atoms with Crippen molar-refractivity contribution in [3.63, 3.8) is 0 Å². The molecule has 0 bridgehead atoms. The minimum atomic E-state index is 1.03. The van der Waals surface area contributed by atoms with Gasteiger partial charge in [0.05, 0.1) is 34.1 Å². The van der Waals surface area contributed by atoms with Gasteiger partial charge in [-0.1, -0.05) is 96.6 Å². The molecule has 0 fully saturated rings. The zero-order valence-electron chi connectivity index (χ0n) is 47.3. The average molecular weight is 1120 g/mol. The molecule has 77 heavy (non-hydrogen) atoms. The van der Waals surface area contributed by atoms with Crippen molar-refractivity contribution in [2.75, 3.05) is 123 Å². The number of benzene rings is 3. The van der Waals surface area contributed by atoms with Gasteiger partial charge in [0.25, 0.3) is 0 Å². The highest BCUT2D eigenvalue weighted by Gasteiger charge is 2.11. The average Bonchev–Trinajstić information content (AvgIpc) is 3.46. The van der Waals surface area contributed by atoms with E-state index in [1.54, 1.807) is 0 Å². The fourth-order valence-electron chi connectivity index (χ4n) is 7.83. The summed E-state index contributed by atoms with van der Waals surface area (Å²) in [6, 6.07) is 38.6. The predicted octanol–water partition coefficient (Wildman–Crippen LogP) is 12.8. The summed E-state index contributed by atoms with van der Waals surface area (Å²) < 4.78 is 6.06. The lowest BCUT2D eigenvalue weighted by atomic mass is 10.2. The zero-order valence-corrected chi connectivity index (χ0v) is 50.6. The second-order valence-corrected chi connectivity index (χ2v) is 24.5. The first kappa shape index (κ1) is 62.5. The molecule has 13 nitrogen and oxygen atoms in total. The number of nitrogens with zero attached hydrogens (tertiary/aromatic N) is 6. The van der Waals surface area contributed by atoms with Gasteiger partial charge in [-0.25, -0.2) is 13.7 Å². The highest BCUT2D eigenvalue weighted by molar-refractivity contribution is 8.77. The summed E-state index contributed by atoms with van der Waals surface area (Å²) in [7, 11) is 14.0. The molecule has 0 amide bonds. The molecule has 6 aromatic rings. The van der Waals surface area contributed by atoms with Crippen molar-refractivity contribution in [2.24, 2.45) is 21.1 Å². The topological polar surface area (TPSA) is 106 Å². The number of pyridine rings is 3. The highest BCUT2D eigenvalue weighted by Crippen LogP contribution is 2.27. The van der Waals surface area contributed by atoms with Crippen LogP contribution in [-0.2, 0) is 21.1 Å². The Balaban J connectivity index is 0.000000307. The lowest BCUT2D eigenvalue weighted by Gasteiger charge is -2.26. The molecule has 0 saturated heterocycles. The minimum Gasteiger partial charge on any atom is -0.371 e. The molecule has 0 aliphatic carbocycles. The third kappa shape index (κ3) is 25.8. The highest BCUT2D eigenvalue weighted by atomic mass is 33.1. The Morgan fingerprint density at radius 2 is 0.571 bits per heavy atom. The lowest BCUT2D eigenvalue weighted by Crippen LogP contribution is -2.27. The van der Waals surface area contributed by atoms with Gasteiger partial charge < -0.3 is 52.6 Å². The Morgan fingerprint density at radius 1 is 0.312 bits per heavy atom. The Labute approximate surface area is 479 Å². The molecule has 0 unspecified atom stereocenters. The summed E-state index contributed by atoms with van der Waals surface area (Å²) in [4.78, 5) is 7.58. The van der Waals surface area contributed by atoms with E-state index in [-0.39, 0.29) is 0 Å². The van der Waals surface area contributed by atoms with E-state index >= 15 is 0 Å². The van der Waals surface area contributed by atoms with Crippen LogP contribution in [0.2, 0.25) is 0 Å². The van der Waals surface area contributed by atoms with Crippen LogP contribution < -0.4 is 66.3 Å². The molecule has 7 N–H and O–H groups in total. The molecule has 3 heterocycles. The predicted molar refractivity (Wildman–Crippen MR) is 343 cm³/mol. The van der Waals surface area contributed by atoms with Crippen LogP contribution in [0.5, 0.6) is 0 Å². The van der Waals surface area contributed by atoms with Crippen molar-refractivity contribution in [3.05, 3.63) is 146 Å². The molecule has 0 atom stereocenters. The van der Waals surface area contributed by atoms with Crippen LogP contribution in [0.15, 0.2) is 146 Å². The first-order chi connectivity index (χ1) is 37.8. The smallest absolute Gasteiger partial charge is 0.170 e. The van der Waals surface area contributed by atoms with E-state index in [1.165, 1.54) is 74.2 Å². The maximum absolute atomic E-state index is 3.51. The second-order valence-electron chi connectivity index (χ2n) is 19.1. The van der Waals surface area contributed by atoms with Gasteiger partial charge in [0, 0.05) is 122 Å². The number of nitrogens with one attached hydrogen (secondary N) is 7. The number of hydrazine groups is 3. The van der Waals surface area contributed by atoms with Gasteiger partial charge in [-0.05, 0) is 105 Å². The van der Waals surface area contributed by atoms with Crippen molar-refractivity contribution >= 4 is 94.4 Å². The van der Waals surface area contributed by atoms with Crippen LogP contribution in [0, 0.1) is 0 Å². The zero-order chi connectivity index (χ0) is 54.6. The van der Waals surface area contributed by atoms with Crippen molar-refractivity contribution in [1.82, 2.24) is 5.32 Å². The Morgan fingerprint density at radius 3 is 0.844 bits per heavy atom. The van der Waals surface area contributed by atoms with E-state index in [0.717, 1.165) is 104 Å². The van der Waals surface area contributed by atoms with Crippen molar-refractivity contribution < 1.29 is 13.7 Å². The quantitative estimate of drug-likeness (QED) is 0.00866. The van der Waals surface area contributed by atoms with E-state index in [2.05, 4.69) is 153 Å². The Kier molecular flexibility index (Phi) is 31.1. The van der Waals surface area contributed by atoms with Gasteiger partial charge in [-0.15, -0.1) is 0 Å². The minimum absolute atomic E-state index is 1.03. The van der Waals surface area contributed by atoms with Crippen LogP contribution >= 0.6 is 43.2 Å². The third-order valence-electron chi connectivity index (χ3n) is 12.6. The molecule has 0 spiro atoms. The van der Waals surface area contributed by atoms with Crippen LogP contribution in [0.3, 0.4) is 0 Å². The Hall–Kier alpha value is -5.33. The molecule has 3 aromatic carbocycles. The fourth-order valence-corrected chi connectivity index (χ4v) is 11.7. The number of unbranched alkanes of at least 4 members (excludes halogenated alkanes) is 4. The SMILES string of the molecule is CCCCN(CCSSCCN(CCCC)c1ccc(NNc2cc[n+](C)cc2)cc1)c1ccc(NNc2cc[n+](C)cc2)cc1.CCCCNCCSSCCN(CCCC)c1ccc(NNc2cc[n+](C)cc2)cc1. The summed E-state index contributed by atoms with van der Waals surface area (Å²) in [5.41, 5.74) is 29.9. The van der Waals surface area contributed by atoms with Crippen LogP contribution in [-0.4, -0.2) is 75.4 Å². The van der Waals surface area contributed by atoms with Gasteiger partial charge in [0.2, 0.25) is 0 Å². The maximum atomic E-state index is 3.51. The summed E-state index contributed by atoms with van der Waals surface area (Å²) >= 11 is 0. The number of aryl methyl sites for hydroxylation is 3. The fraction of sp³-hybridized carbons (Fsp3) is 0.450. The van der Waals surface area contributed by atoms with Gasteiger partial charge in [0.1, 0.15) is 21.1 Å². The van der Waals surface area contributed by atoms with Gasteiger partial charge in [-0.2, -0.15) is 0 Å². The van der Waals surface area contributed by atoms with Crippen LogP contribution in [0.4, 0.5) is 51.2 Å². The van der Waals surface area contributed by atoms with E-state index in [4.69, 9.17) is 0 Å². The third-order valence-corrected chi connectivity index (χ3v) is 17.4. The molecule has 0 aliphatic heterocycles. The van der Waals surface area contributed by atoms with Crippen molar-refractivity contribution in [3.8, 4) is 0 Å². The summed E-state index contributed by atoms with van der Waals surface area (Å²) in [5.74, 6) is 4.53. The second kappa shape index (κ2) is 38.3. The van der Waals surface area contributed by atoms with E-state index < -0.39 is 0 Å². The molecular formula is C60H92N13S4+3. The summed E-state index contributed by atoms with van der Waals surface area (Å²) in [5, 5.41) is 3.51. The van der Waals surface area contributed by atoms with Gasteiger partial charge >= 0.3 is 0 Å². The normalized spacial score (nSPS) is 10.8. The van der Waals surface area contributed by atoms with E-state index in [0.29, 0.717) is 0 Å². The number of rotatable bonds is 38. The van der Waals surface area contributed by atoms with E-state index in [9.17, 15) is 0 Å². The van der Waals surface area contributed by atoms with Crippen molar-refractivity contribution in [2.45, 2.75) is 79.1 Å². The summed E-state index contributed by atoms with van der Waals surface area (Å²) in [6.07, 6.45) is 22.0. The first-order valence-electron chi connectivity index (χ1n) is 27.9. The van der Waals surface area contributed by atoms with E-state index in [1.807, 2.05) is 152 Å². The largest absolute Gasteiger partial charge is 0.371 e. The monoisotopic (exact) mass is 1120 g/mol. The van der Waals surface area contributed by atoms with Gasteiger partial charge in [-0.3, -0.25) is 0 Å². The van der Waals surface area contributed by atoms with Gasteiger partial charge in [0.15, 0.2) is 37.2 Å².